The smallest absolute Gasteiger partial charge is 0.106 e. The molecule has 1 atom stereocenters. The third-order valence-electron chi connectivity index (χ3n) is 5.58. The number of benzene rings is 1. The van der Waals surface area contributed by atoms with Gasteiger partial charge >= 0.3 is 0 Å². The predicted molar refractivity (Wildman–Crippen MR) is 113 cm³/mol. The highest BCUT2D eigenvalue weighted by atomic mass is 35.5. The van der Waals surface area contributed by atoms with E-state index in [1.165, 1.54) is 48.2 Å². The first kappa shape index (κ1) is 19.2. The number of halogens is 1. The fourth-order valence-electron chi connectivity index (χ4n) is 4.10. The molecule has 3 aromatic rings. The van der Waals surface area contributed by atoms with Gasteiger partial charge in [0.1, 0.15) is 5.82 Å². The largest absolute Gasteiger partial charge is 0.345 e. The number of imidazole rings is 1. The molecule has 0 saturated carbocycles. The van der Waals surface area contributed by atoms with Crippen LogP contribution >= 0.6 is 11.6 Å². The molecule has 0 radical (unpaired) electrons. The molecule has 1 aliphatic heterocycles. The average Bonchev–Trinajstić information content (AvgIpc) is 3.37. The third kappa shape index (κ3) is 4.47. The Labute approximate surface area is 171 Å². The molecular formula is C22H28ClN5. The lowest BCUT2D eigenvalue weighted by Gasteiger charge is -2.32. The number of hydrogen-bond donors (Lipinski definition) is 2. The highest BCUT2D eigenvalue weighted by Gasteiger charge is 2.25. The van der Waals surface area contributed by atoms with Gasteiger partial charge in [-0.15, -0.1) is 0 Å². The average molecular weight is 398 g/mol. The van der Waals surface area contributed by atoms with Gasteiger partial charge < -0.3 is 4.98 Å². The molecule has 28 heavy (non-hydrogen) atoms. The van der Waals surface area contributed by atoms with Crippen LogP contribution in [0.3, 0.4) is 0 Å². The minimum absolute atomic E-state index is 0.462. The molecule has 1 saturated heterocycles. The normalized spacial score (nSPS) is 17.9. The zero-order chi connectivity index (χ0) is 19.3. The van der Waals surface area contributed by atoms with Gasteiger partial charge in [0, 0.05) is 53.6 Å². The molecule has 4 rings (SSSR count). The van der Waals surface area contributed by atoms with Crippen LogP contribution in [0.25, 0.3) is 11.1 Å². The van der Waals surface area contributed by atoms with E-state index in [-0.39, 0.29) is 0 Å². The van der Waals surface area contributed by atoms with E-state index in [4.69, 9.17) is 11.6 Å². The maximum Gasteiger partial charge on any atom is 0.106 e. The highest BCUT2D eigenvalue weighted by molar-refractivity contribution is 6.30. The van der Waals surface area contributed by atoms with Crippen molar-refractivity contribution in [2.75, 3.05) is 13.1 Å². The number of likely N-dealkylation sites (tertiary alicyclic amines) is 1. The number of piperidine rings is 1. The summed E-state index contributed by atoms with van der Waals surface area (Å²) in [5.41, 5.74) is 4.81. The van der Waals surface area contributed by atoms with Crippen LogP contribution in [-0.4, -0.2) is 38.2 Å². The summed E-state index contributed by atoms with van der Waals surface area (Å²) in [5, 5.41) is 8.37. The van der Waals surface area contributed by atoms with Gasteiger partial charge in [0.2, 0.25) is 0 Å². The standard InChI is InChI=1S/C22H28ClN5/c1-2-3-6-21-24-12-19(26-21)15-28-11-4-5-17(14-28)22-20(13-25-27-22)16-7-9-18(23)10-8-16/h7-10,12-13,17H,2-6,11,14-15H2,1H3,(H,24,26)(H,25,27). The molecule has 1 aliphatic rings. The van der Waals surface area contributed by atoms with Crippen molar-refractivity contribution in [2.24, 2.45) is 0 Å². The number of aryl methyl sites for hydroxylation is 1. The molecule has 2 aromatic heterocycles. The molecule has 1 aromatic carbocycles. The SMILES string of the molecule is CCCCc1ncc(CN2CCCC(c3[nH]ncc3-c3ccc(Cl)cc3)C2)[nH]1. The summed E-state index contributed by atoms with van der Waals surface area (Å²) in [5.74, 6) is 1.58. The molecule has 0 aliphatic carbocycles. The summed E-state index contributed by atoms with van der Waals surface area (Å²) in [6.07, 6.45) is 9.74. The number of nitrogens with one attached hydrogen (secondary N) is 2. The minimum atomic E-state index is 0.462. The topological polar surface area (TPSA) is 60.6 Å². The molecule has 3 heterocycles. The van der Waals surface area contributed by atoms with E-state index >= 15 is 0 Å². The van der Waals surface area contributed by atoms with Gasteiger partial charge in [0.15, 0.2) is 0 Å². The zero-order valence-electron chi connectivity index (χ0n) is 16.4. The van der Waals surface area contributed by atoms with Crippen LogP contribution in [0.5, 0.6) is 0 Å². The summed E-state index contributed by atoms with van der Waals surface area (Å²) in [6.45, 7) is 5.31. The molecule has 0 spiro atoms. The second-order valence-electron chi connectivity index (χ2n) is 7.74. The summed E-state index contributed by atoms with van der Waals surface area (Å²) < 4.78 is 0. The molecule has 1 unspecified atom stereocenters. The van der Waals surface area contributed by atoms with E-state index in [1.807, 2.05) is 24.5 Å². The Morgan fingerprint density at radius 1 is 1.21 bits per heavy atom. The maximum atomic E-state index is 6.05. The van der Waals surface area contributed by atoms with Gasteiger partial charge in [-0.25, -0.2) is 4.98 Å². The Morgan fingerprint density at radius 3 is 2.89 bits per heavy atom. The molecule has 5 nitrogen and oxygen atoms in total. The zero-order valence-corrected chi connectivity index (χ0v) is 17.2. The van der Waals surface area contributed by atoms with E-state index in [1.54, 1.807) is 0 Å². The van der Waals surface area contributed by atoms with Crippen LogP contribution in [0.2, 0.25) is 5.02 Å². The number of H-pyrrole nitrogens is 2. The fraction of sp³-hybridized carbons (Fsp3) is 0.455. The number of rotatable bonds is 7. The number of hydrogen-bond acceptors (Lipinski definition) is 3. The van der Waals surface area contributed by atoms with E-state index in [9.17, 15) is 0 Å². The monoisotopic (exact) mass is 397 g/mol. The van der Waals surface area contributed by atoms with Crippen LogP contribution in [-0.2, 0) is 13.0 Å². The Balaban J connectivity index is 1.44. The molecule has 2 N–H and O–H groups in total. The summed E-state index contributed by atoms with van der Waals surface area (Å²) in [7, 11) is 0. The number of aromatic nitrogens is 4. The van der Waals surface area contributed by atoms with Gasteiger partial charge in [0.05, 0.1) is 6.20 Å². The lowest BCUT2D eigenvalue weighted by molar-refractivity contribution is 0.197. The van der Waals surface area contributed by atoms with Crippen LogP contribution in [0.15, 0.2) is 36.7 Å². The Hall–Kier alpha value is -2.11. The van der Waals surface area contributed by atoms with Gasteiger partial charge in [-0.2, -0.15) is 5.10 Å². The van der Waals surface area contributed by atoms with Crippen molar-refractivity contribution in [3.63, 3.8) is 0 Å². The van der Waals surface area contributed by atoms with Crippen molar-refractivity contribution in [3.05, 3.63) is 58.9 Å². The van der Waals surface area contributed by atoms with E-state index in [0.29, 0.717) is 5.92 Å². The van der Waals surface area contributed by atoms with Crippen molar-refractivity contribution in [2.45, 2.75) is 51.5 Å². The Bertz CT molecular complexity index is 882. The van der Waals surface area contributed by atoms with Crippen molar-refractivity contribution < 1.29 is 0 Å². The van der Waals surface area contributed by atoms with Crippen LogP contribution < -0.4 is 0 Å². The number of aromatic amines is 2. The predicted octanol–water partition coefficient (Wildman–Crippen LogP) is 5.18. The summed E-state index contributed by atoms with van der Waals surface area (Å²) >= 11 is 6.05. The highest BCUT2D eigenvalue weighted by Crippen LogP contribution is 2.33. The van der Waals surface area contributed by atoms with Gasteiger partial charge in [-0.05, 0) is 43.5 Å². The quantitative estimate of drug-likeness (QED) is 0.577. The molecule has 0 bridgehead atoms. The molecule has 1 fully saturated rings. The first-order valence-corrected chi connectivity index (χ1v) is 10.6. The van der Waals surface area contributed by atoms with Crippen molar-refractivity contribution in [1.29, 1.82) is 0 Å². The summed E-state index contributed by atoms with van der Waals surface area (Å²) in [6, 6.07) is 8.02. The van der Waals surface area contributed by atoms with Crippen molar-refractivity contribution in [1.82, 2.24) is 25.1 Å². The van der Waals surface area contributed by atoms with Crippen LogP contribution in [0, 0.1) is 0 Å². The maximum absolute atomic E-state index is 6.05. The lowest BCUT2D eigenvalue weighted by Crippen LogP contribution is -2.34. The first-order valence-electron chi connectivity index (χ1n) is 10.3. The molecular weight excluding hydrogens is 370 g/mol. The first-order chi connectivity index (χ1) is 13.7. The van der Waals surface area contributed by atoms with Crippen molar-refractivity contribution >= 4 is 11.6 Å². The van der Waals surface area contributed by atoms with Crippen LogP contribution in [0.4, 0.5) is 0 Å². The van der Waals surface area contributed by atoms with Crippen LogP contribution in [0.1, 0.15) is 55.7 Å². The van der Waals surface area contributed by atoms with E-state index in [2.05, 4.69) is 44.1 Å². The van der Waals surface area contributed by atoms with Gasteiger partial charge in [0.25, 0.3) is 0 Å². The van der Waals surface area contributed by atoms with Gasteiger partial charge in [-0.3, -0.25) is 10.00 Å². The lowest BCUT2D eigenvalue weighted by atomic mass is 9.90. The number of nitrogens with zero attached hydrogens (tertiary/aromatic N) is 3. The van der Waals surface area contributed by atoms with Gasteiger partial charge in [-0.1, -0.05) is 37.1 Å². The minimum Gasteiger partial charge on any atom is -0.345 e. The fourth-order valence-corrected chi connectivity index (χ4v) is 4.23. The van der Waals surface area contributed by atoms with Crippen molar-refractivity contribution in [3.8, 4) is 11.1 Å². The molecule has 6 heteroatoms. The molecule has 148 valence electrons. The number of unbranched alkanes of at least 4 members (excludes halogenated alkanes) is 1. The van der Waals surface area contributed by atoms with E-state index in [0.717, 1.165) is 36.9 Å². The molecule has 0 amide bonds. The third-order valence-corrected chi connectivity index (χ3v) is 5.83. The Kier molecular flexibility index (Phi) is 6.13. The Morgan fingerprint density at radius 2 is 2.07 bits per heavy atom. The van der Waals surface area contributed by atoms with E-state index < -0.39 is 0 Å². The summed E-state index contributed by atoms with van der Waals surface area (Å²) in [4.78, 5) is 10.6. The second kappa shape index (κ2) is 8.93. The second-order valence-corrected chi connectivity index (χ2v) is 8.17.